The van der Waals surface area contributed by atoms with Crippen molar-refractivity contribution in [1.29, 1.82) is 0 Å². The van der Waals surface area contributed by atoms with E-state index in [-0.39, 0.29) is 5.91 Å². The van der Waals surface area contributed by atoms with Crippen molar-refractivity contribution in [1.82, 2.24) is 9.97 Å². The maximum atomic E-state index is 12.4. The summed E-state index contributed by atoms with van der Waals surface area (Å²) in [5.41, 5.74) is 1.74. The minimum absolute atomic E-state index is 0.276. The van der Waals surface area contributed by atoms with Gasteiger partial charge in [0.15, 0.2) is 0 Å². The molecule has 0 atom stereocenters. The maximum Gasteiger partial charge on any atom is 0.274 e. The molecule has 1 amide bonds. The van der Waals surface area contributed by atoms with E-state index in [9.17, 15) is 4.79 Å². The van der Waals surface area contributed by atoms with Gasteiger partial charge in [0, 0.05) is 24.0 Å². The van der Waals surface area contributed by atoms with Crippen molar-refractivity contribution < 1.29 is 9.53 Å². The molecule has 0 aliphatic heterocycles. The second-order valence-electron chi connectivity index (χ2n) is 5.18. The summed E-state index contributed by atoms with van der Waals surface area (Å²) in [7, 11) is 1.59. The first-order valence-electron chi connectivity index (χ1n) is 7.67. The Bertz CT molecular complexity index is 673. The van der Waals surface area contributed by atoms with Gasteiger partial charge >= 0.3 is 0 Å². The van der Waals surface area contributed by atoms with E-state index in [1.165, 1.54) is 0 Å². The number of hydrogen-bond donors (Lipinski definition) is 2. The zero-order valence-electron chi connectivity index (χ0n) is 13.7. The number of nitrogens with one attached hydrogen (secondary N) is 2. The van der Waals surface area contributed by atoms with Crippen LogP contribution in [0.25, 0.3) is 0 Å². The predicted octanol–water partition coefficient (Wildman–Crippen LogP) is 3.26. The number of aromatic nitrogens is 2. The average Bonchev–Trinajstić information content (AvgIpc) is 2.55. The lowest BCUT2D eigenvalue weighted by Gasteiger charge is -2.09. The molecule has 0 spiro atoms. The molecule has 0 saturated carbocycles. The summed E-state index contributed by atoms with van der Waals surface area (Å²) >= 11 is 0. The Morgan fingerprint density at radius 2 is 2.09 bits per heavy atom. The molecule has 2 aromatic rings. The van der Waals surface area contributed by atoms with Crippen molar-refractivity contribution in [2.45, 2.75) is 26.7 Å². The number of carbonyl (C=O) groups is 1. The summed E-state index contributed by atoms with van der Waals surface area (Å²) in [5.74, 6) is 0.889. The zero-order chi connectivity index (χ0) is 16.7. The van der Waals surface area contributed by atoms with Crippen LogP contribution < -0.4 is 15.4 Å². The molecule has 0 fully saturated rings. The summed E-state index contributed by atoms with van der Waals surface area (Å²) in [6, 6.07) is 8.86. The molecule has 1 heterocycles. The van der Waals surface area contributed by atoms with Crippen LogP contribution in [0, 0.1) is 6.92 Å². The number of methoxy groups -OCH3 is 1. The van der Waals surface area contributed by atoms with E-state index in [0.717, 1.165) is 25.1 Å². The molecule has 2 rings (SSSR count). The molecule has 0 radical (unpaired) electrons. The van der Waals surface area contributed by atoms with Crippen LogP contribution in [0.2, 0.25) is 0 Å². The van der Waals surface area contributed by atoms with Gasteiger partial charge in [-0.05, 0) is 31.5 Å². The van der Waals surface area contributed by atoms with Crippen LogP contribution in [0.15, 0.2) is 30.3 Å². The Morgan fingerprint density at radius 1 is 1.26 bits per heavy atom. The highest BCUT2D eigenvalue weighted by Gasteiger charge is 2.11. The summed E-state index contributed by atoms with van der Waals surface area (Å²) in [6.07, 6.45) is 2.12. The average molecular weight is 314 g/mol. The number of hydrogen-bond acceptors (Lipinski definition) is 5. The standard InChI is InChI=1S/C17H22N4O2/c1-4-5-9-18-17-19-12(2)10-15(21-17)16(22)20-13-7-6-8-14(11-13)23-3/h6-8,10-11H,4-5,9H2,1-3H3,(H,20,22)(H,18,19,21). The minimum Gasteiger partial charge on any atom is -0.497 e. The molecule has 1 aromatic carbocycles. The van der Waals surface area contributed by atoms with E-state index in [4.69, 9.17) is 4.74 Å². The van der Waals surface area contributed by atoms with Gasteiger partial charge in [0.1, 0.15) is 11.4 Å². The maximum absolute atomic E-state index is 12.4. The van der Waals surface area contributed by atoms with Crippen LogP contribution in [0.3, 0.4) is 0 Å². The molecular weight excluding hydrogens is 292 g/mol. The number of unbranched alkanes of at least 4 members (excludes halogenated alkanes) is 1. The normalized spacial score (nSPS) is 10.2. The topological polar surface area (TPSA) is 76.1 Å². The van der Waals surface area contributed by atoms with E-state index >= 15 is 0 Å². The van der Waals surface area contributed by atoms with E-state index < -0.39 is 0 Å². The molecular formula is C17H22N4O2. The molecule has 23 heavy (non-hydrogen) atoms. The zero-order valence-corrected chi connectivity index (χ0v) is 13.7. The van der Waals surface area contributed by atoms with Crippen LogP contribution in [-0.4, -0.2) is 29.5 Å². The predicted molar refractivity (Wildman–Crippen MR) is 91.1 cm³/mol. The number of nitrogens with zero attached hydrogens (tertiary/aromatic N) is 2. The van der Waals surface area contributed by atoms with Crippen molar-refractivity contribution in [2.24, 2.45) is 0 Å². The minimum atomic E-state index is -0.276. The van der Waals surface area contributed by atoms with Gasteiger partial charge in [0.25, 0.3) is 5.91 Å². The molecule has 0 saturated heterocycles. The highest BCUT2D eigenvalue weighted by molar-refractivity contribution is 6.03. The Labute approximate surface area is 136 Å². The van der Waals surface area contributed by atoms with Gasteiger partial charge in [-0.3, -0.25) is 4.79 Å². The number of carbonyl (C=O) groups excluding carboxylic acids is 1. The van der Waals surface area contributed by atoms with Crippen molar-refractivity contribution in [3.05, 3.63) is 41.7 Å². The monoisotopic (exact) mass is 314 g/mol. The van der Waals surface area contributed by atoms with Crippen LogP contribution >= 0.6 is 0 Å². The molecule has 2 N–H and O–H groups in total. The first-order valence-corrected chi connectivity index (χ1v) is 7.67. The number of benzene rings is 1. The van der Waals surface area contributed by atoms with Gasteiger partial charge in [-0.1, -0.05) is 19.4 Å². The second-order valence-corrected chi connectivity index (χ2v) is 5.18. The Hall–Kier alpha value is -2.63. The van der Waals surface area contributed by atoms with E-state index in [1.54, 1.807) is 25.3 Å². The smallest absolute Gasteiger partial charge is 0.274 e. The van der Waals surface area contributed by atoms with Gasteiger partial charge in [-0.25, -0.2) is 9.97 Å². The number of aryl methyl sites for hydroxylation is 1. The summed E-state index contributed by atoms with van der Waals surface area (Å²) in [6.45, 7) is 4.75. The van der Waals surface area contributed by atoms with Crippen molar-refractivity contribution in [3.63, 3.8) is 0 Å². The lowest BCUT2D eigenvalue weighted by Crippen LogP contribution is -2.16. The van der Waals surface area contributed by atoms with E-state index in [0.29, 0.717) is 23.1 Å². The third kappa shape index (κ3) is 4.95. The van der Waals surface area contributed by atoms with Gasteiger partial charge in [0.2, 0.25) is 5.95 Å². The molecule has 6 heteroatoms. The van der Waals surface area contributed by atoms with Crippen molar-refractivity contribution >= 4 is 17.5 Å². The van der Waals surface area contributed by atoms with Gasteiger partial charge in [-0.15, -0.1) is 0 Å². The van der Waals surface area contributed by atoms with Crippen molar-refractivity contribution in [2.75, 3.05) is 24.3 Å². The fraction of sp³-hybridized carbons (Fsp3) is 0.353. The van der Waals surface area contributed by atoms with Gasteiger partial charge < -0.3 is 15.4 Å². The fourth-order valence-corrected chi connectivity index (χ4v) is 2.04. The SMILES string of the molecule is CCCCNc1nc(C)cc(C(=O)Nc2cccc(OC)c2)n1. The number of rotatable bonds is 7. The summed E-state index contributed by atoms with van der Waals surface area (Å²) < 4.78 is 5.15. The van der Waals surface area contributed by atoms with Crippen LogP contribution in [0.1, 0.15) is 35.9 Å². The lowest BCUT2D eigenvalue weighted by atomic mass is 10.2. The lowest BCUT2D eigenvalue weighted by molar-refractivity contribution is 0.102. The Morgan fingerprint density at radius 3 is 2.83 bits per heavy atom. The number of anilines is 2. The van der Waals surface area contributed by atoms with Crippen molar-refractivity contribution in [3.8, 4) is 5.75 Å². The van der Waals surface area contributed by atoms with Crippen LogP contribution in [0.4, 0.5) is 11.6 Å². The first-order chi connectivity index (χ1) is 11.1. The number of ether oxygens (including phenoxy) is 1. The molecule has 0 bridgehead atoms. The van der Waals surface area contributed by atoms with Gasteiger partial charge in [0.05, 0.1) is 7.11 Å². The summed E-state index contributed by atoms with van der Waals surface area (Å²) in [4.78, 5) is 21.0. The highest BCUT2D eigenvalue weighted by atomic mass is 16.5. The largest absolute Gasteiger partial charge is 0.497 e. The Kier molecular flexibility index (Phi) is 5.91. The highest BCUT2D eigenvalue weighted by Crippen LogP contribution is 2.17. The van der Waals surface area contributed by atoms with Gasteiger partial charge in [-0.2, -0.15) is 0 Å². The number of amides is 1. The molecule has 122 valence electrons. The molecule has 0 aliphatic rings. The molecule has 0 aliphatic carbocycles. The third-order valence-corrected chi connectivity index (χ3v) is 3.23. The third-order valence-electron chi connectivity index (χ3n) is 3.23. The fourth-order valence-electron chi connectivity index (χ4n) is 2.04. The van der Waals surface area contributed by atoms with E-state index in [1.807, 2.05) is 19.1 Å². The van der Waals surface area contributed by atoms with E-state index in [2.05, 4.69) is 27.5 Å². The first kappa shape index (κ1) is 16.7. The van der Waals surface area contributed by atoms with Crippen LogP contribution in [-0.2, 0) is 0 Å². The molecule has 0 unspecified atom stereocenters. The summed E-state index contributed by atoms with van der Waals surface area (Å²) in [5, 5.41) is 5.96. The van der Waals surface area contributed by atoms with Crippen LogP contribution in [0.5, 0.6) is 5.75 Å². The quantitative estimate of drug-likeness (QED) is 0.767. The second kappa shape index (κ2) is 8.12. The Balaban J connectivity index is 2.11. The molecule has 6 nitrogen and oxygen atoms in total. The molecule has 1 aromatic heterocycles.